The molecule has 4 N–H and O–H groups in total. The SMILES string of the molecule is CNCCCN(N)C1=NS(=O)ON1. The van der Waals surface area contributed by atoms with Crippen LogP contribution >= 0.6 is 0 Å². The van der Waals surface area contributed by atoms with Gasteiger partial charge in [0.1, 0.15) is 0 Å². The molecular formula is C5H13N5O2S. The topological polar surface area (TPSA) is 92.0 Å². The first-order valence-electron chi connectivity index (χ1n) is 3.85. The summed E-state index contributed by atoms with van der Waals surface area (Å²) in [6, 6.07) is 0. The van der Waals surface area contributed by atoms with Gasteiger partial charge in [-0.05, 0) is 20.0 Å². The fourth-order valence-corrected chi connectivity index (χ4v) is 1.29. The molecule has 0 fully saturated rings. The third-order valence-electron chi connectivity index (χ3n) is 1.46. The number of hydroxylamine groups is 1. The highest BCUT2D eigenvalue weighted by Crippen LogP contribution is 1.97. The van der Waals surface area contributed by atoms with Crippen LogP contribution < -0.4 is 16.6 Å². The first-order valence-corrected chi connectivity index (χ1v) is 4.88. The van der Waals surface area contributed by atoms with Crippen molar-refractivity contribution in [3.8, 4) is 0 Å². The minimum Gasteiger partial charge on any atom is -0.320 e. The van der Waals surface area contributed by atoms with Gasteiger partial charge in [0.25, 0.3) is 0 Å². The number of hydrogen-bond donors (Lipinski definition) is 3. The molecule has 13 heavy (non-hydrogen) atoms. The molecule has 1 heterocycles. The van der Waals surface area contributed by atoms with Gasteiger partial charge in [-0.2, -0.15) is 4.28 Å². The number of nitrogens with one attached hydrogen (secondary N) is 2. The zero-order valence-electron chi connectivity index (χ0n) is 7.32. The summed E-state index contributed by atoms with van der Waals surface area (Å²) < 4.78 is 18.7. The maximum Gasteiger partial charge on any atom is 0.310 e. The highest BCUT2D eigenvalue weighted by molar-refractivity contribution is 7.79. The van der Waals surface area contributed by atoms with E-state index in [-0.39, 0.29) is 0 Å². The number of rotatable bonds is 4. The van der Waals surface area contributed by atoms with Crippen molar-refractivity contribution in [2.45, 2.75) is 6.42 Å². The summed E-state index contributed by atoms with van der Waals surface area (Å²) in [6.45, 7) is 1.48. The largest absolute Gasteiger partial charge is 0.320 e. The Hall–Kier alpha value is -0.700. The lowest BCUT2D eigenvalue weighted by Gasteiger charge is -2.15. The molecule has 1 aliphatic heterocycles. The van der Waals surface area contributed by atoms with Gasteiger partial charge >= 0.3 is 11.3 Å². The monoisotopic (exact) mass is 207 g/mol. The zero-order chi connectivity index (χ0) is 9.68. The van der Waals surface area contributed by atoms with Crippen molar-refractivity contribution in [2.24, 2.45) is 10.2 Å². The average Bonchev–Trinajstić information content (AvgIpc) is 2.52. The predicted molar refractivity (Wildman–Crippen MR) is 49.2 cm³/mol. The van der Waals surface area contributed by atoms with Crippen LogP contribution in [0.2, 0.25) is 0 Å². The van der Waals surface area contributed by atoms with Gasteiger partial charge in [-0.25, -0.2) is 15.5 Å². The van der Waals surface area contributed by atoms with E-state index >= 15 is 0 Å². The zero-order valence-corrected chi connectivity index (χ0v) is 8.13. The molecule has 1 aliphatic rings. The maximum absolute atomic E-state index is 10.6. The van der Waals surface area contributed by atoms with Gasteiger partial charge in [-0.15, -0.1) is 4.40 Å². The molecule has 1 atom stereocenters. The molecule has 1 unspecified atom stereocenters. The van der Waals surface area contributed by atoms with E-state index in [1.54, 1.807) is 0 Å². The number of nitrogens with zero attached hydrogens (tertiary/aromatic N) is 2. The maximum atomic E-state index is 10.6. The van der Waals surface area contributed by atoms with Gasteiger partial charge in [-0.1, -0.05) is 0 Å². The first kappa shape index (κ1) is 10.4. The summed E-state index contributed by atoms with van der Waals surface area (Å²) in [5, 5.41) is 4.35. The quantitative estimate of drug-likeness (QED) is 0.287. The average molecular weight is 207 g/mol. The molecule has 0 aromatic rings. The van der Waals surface area contributed by atoms with Crippen LogP contribution in [0, 0.1) is 0 Å². The van der Waals surface area contributed by atoms with E-state index in [2.05, 4.69) is 19.5 Å². The molecule has 0 aromatic carbocycles. The molecule has 7 nitrogen and oxygen atoms in total. The van der Waals surface area contributed by atoms with Crippen LogP contribution in [-0.4, -0.2) is 35.3 Å². The van der Waals surface area contributed by atoms with Crippen LogP contribution in [0.3, 0.4) is 0 Å². The minimum absolute atomic E-state index is 0.300. The van der Waals surface area contributed by atoms with Crippen molar-refractivity contribution in [1.82, 2.24) is 15.8 Å². The van der Waals surface area contributed by atoms with Gasteiger partial charge in [0, 0.05) is 6.54 Å². The van der Waals surface area contributed by atoms with Crippen LogP contribution in [0.1, 0.15) is 6.42 Å². The highest BCUT2D eigenvalue weighted by atomic mass is 32.2. The Morgan fingerprint density at radius 1 is 1.85 bits per heavy atom. The fraction of sp³-hybridized carbons (Fsp3) is 0.800. The van der Waals surface area contributed by atoms with Gasteiger partial charge in [0.15, 0.2) is 0 Å². The van der Waals surface area contributed by atoms with Crippen LogP contribution in [-0.2, 0) is 15.6 Å². The van der Waals surface area contributed by atoms with Crippen molar-refractivity contribution < 1.29 is 8.49 Å². The molecule has 0 aromatic heterocycles. The summed E-state index contributed by atoms with van der Waals surface area (Å²) in [5.41, 5.74) is 2.36. The molecule has 0 saturated carbocycles. The van der Waals surface area contributed by atoms with Gasteiger partial charge in [-0.3, -0.25) is 5.01 Å². The van der Waals surface area contributed by atoms with E-state index < -0.39 is 11.3 Å². The molecule has 0 radical (unpaired) electrons. The Morgan fingerprint density at radius 3 is 3.15 bits per heavy atom. The van der Waals surface area contributed by atoms with Crippen LogP contribution in [0.5, 0.6) is 0 Å². The Bertz CT molecular complexity index is 221. The van der Waals surface area contributed by atoms with Gasteiger partial charge in [0.05, 0.1) is 0 Å². The van der Waals surface area contributed by atoms with E-state index in [1.807, 2.05) is 7.05 Å². The summed E-state index contributed by atoms with van der Waals surface area (Å²) >= 11 is -1.64. The number of hydrogen-bond acceptors (Lipinski definition) is 6. The van der Waals surface area contributed by atoms with E-state index in [4.69, 9.17) is 5.84 Å². The van der Waals surface area contributed by atoms with Crippen molar-refractivity contribution in [3.05, 3.63) is 0 Å². The Kier molecular flexibility index (Phi) is 4.09. The van der Waals surface area contributed by atoms with E-state index in [9.17, 15) is 4.21 Å². The molecule has 76 valence electrons. The molecule has 0 saturated heterocycles. The molecule has 8 heteroatoms. The van der Waals surface area contributed by atoms with Crippen molar-refractivity contribution in [1.29, 1.82) is 0 Å². The molecule has 0 amide bonds. The second-order valence-electron chi connectivity index (χ2n) is 2.47. The van der Waals surface area contributed by atoms with Gasteiger partial charge < -0.3 is 5.32 Å². The number of nitrogens with two attached hydrogens (primary N) is 1. The Balaban J connectivity index is 2.27. The van der Waals surface area contributed by atoms with Crippen molar-refractivity contribution in [3.63, 3.8) is 0 Å². The lowest BCUT2D eigenvalue weighted by Crippen LogP contribution is -2.44. The fourth-order valence-electron chi connectivity index (χ4n) is 0.824. The molecule has 1 rings (SSSR count). The first-order chi connectivity index (χ1) is 6.24. The van der Waals surface area contributed by atoms with Crippen LogP contribution in [0.15, 0.2) is 4.40 Å². The number of guanidine groups is 1. The van der Waals surface area contributed by atoms with Crippen LogP contribution in [0.4, 0.5) is 0 Å². The Morgan fingerprint density at radius 2 is 2.62 bits per heavy atom. The highest BCUT2D eigenvalue weighted by Gasteiger charge is 2.16. The molecule has 0 spiro atoms. The third kappa shape index (κ3) is 3.27. The summed E-state index contributed by atoms with van der Waals surface area (Å²) in [6.07, 6.45) is 0.875. The smallest absolute Gasteiger partial charge is 0.310 e. The minimum atomic E-state index is -1.64. The third-order valence-corrected chi connectivity index (χ3v) is 2.01. The van der Waals surface area contributed by atoms with E-state index in [0.29, 0.717) is 12.5 Å². The predicted octanol–water partition coefficient (Wildman–Crippen LogP) is -1.76. The summed E-state index contributed by atoms with van der Waals surface area (Å²) in [4.78, 5) is 0. The van der Waals surface area contributed by atoms with Crippen molar-refractivity contribution in [2.75, 3.05) is 20.1 Å². The standard InChI is InChI=1S/C5H13N5O2S/c1-7-3-2-4-10(6)5-8-12-13(11)9-5/h7H,2-4,6H2,1H3,(H,8,9). The normalized spacial score (nSPS) is 21.1. The lowest BCUT2D eigenvalue weighted by atomic mass is 10.4. The van der Waals surface area contributed by atoms with Crippen LogP contribution in [0.25, 0.3) is 0 Å². The second-order valence-corrected chi connectivity index (χ2v) is 3.25. The molecule has 0 aliphatic carbocycles. The number of hydrazine groups is 1. The van der Waals surface area contributed by atoms with E-state index in [0.717, 1.165) is 13.0 Å². The molecular weight excluding hydrogens is 194 g/mol. The van der Waals surface area contributed by atoms with E-state index in [1.165, 1.54) is 5.01 Å². The second kappa shape index (κ2) is 5.12. The Labute approximate surface area is 79.0 Å². The lowest BCUT2D eigenvalue weighted by molar-refractivity contribution is 0.275. The van der Waals surface area contributed by atoms with Gasteiger partial charge in [0.2, 0.25) is 5.96 Å². The molecule has 0 bridgehead atoms. The van der Waals surface area contributed by atoms with Crippen molar-refractivity contribution >= 4 is 17.2 Å². The summed E-state index contributed by atoms with van der Waals surface area (Å²) in [5.74, 6) is 5.88. The summed E-state index contributed by atoms with van der Waals surface area (Å²) in [7, 11) is 1.87.